The summed E-state index contributed by atoms with van der Waals surface area (Å²) in [5.41, 5.74) is 0. The van der Waals surface area contributed by atoms with Crippen molar-refractivity contribution in [1.29, 1.82) is 0 Å². The smallest absolute Gasteiger partial charge is 0.313 e. The summed E-state index contributed by atoms with van der Waals surface area (Å²) in [5, 5.41) is 0. The van der Waals surface area contributed by atoms with Crippen LogP contribution in [0.3, 0.4) is 0 Å². The number of hydrogen-bond donors (Lipinski definition) is 0. The van der Waals surface area contributed by atoms with Gasteiger partial charge in [0.2, 0.25) is 34.8 Å². The summed E-state index contributed by atoms with van der Waals surface area (Å²) < 4.78 is 103. The van der Waals surface area contributed by atoms with Gasteiger partial charge in [0.25, 0.3) is 0 Å². The third-order valence-electron chi connectivity index (χ3n) is 7.09. The van der Waals surface area contributed by atoms with E-state index in [0.29, 0.717) is 52.9 Å². The molecule has 0 saturated carbocycles. The van der Waals surface area contributed by atoms with Gasteiger partial charge in [-0.2, -0.15) is 8.78 Å². The number of rotatable bonds is 33. The van der Waals surface area contributed by atoms with Crippen LogP contribution in [0, 0.1) is 29.1 Å². The molecule has 0 aliphatic rings. The number of halogens is 5. The van der Waals surface area contributed by atoms with Crippen LogP contribution in [0.1, 0.15) is 96.8 Å². The fourth-order valence-corrected chi connectivity index (χ4v) is 4.42. The highest BCUT2D eigenvalue weighted by Gasteiger charge is 2.28. The predicted octanol–water partition coefficient (Wildman–Crippen LogP) is 7.87. The molecule has 13 heteroatoms. The number of carbonyl (C=O) groups is 1. The molecule has 0 aromatic heterocycles. The molecule has 47 heavy (non-hydrogen) atoms. The first kappa shape index (κ1) is 43.1. The first-order valence-electron chi connectivity index (χ1n) is 17.1. The van der Waals surface area contributed by atoms with Gasteiger partial charge in [-0.15, -0.1) is 0 Å². The number of benzene rings is 1. The van der Waals surface area contributed by atoms with Gasteiger partial charge in [-0.1, -0.05) is 84.0 Å². The van der Waals surface area contributed by atoms with Crippen LogP contribution in [-0.2, 0) is 33.2 Å². The summed E-state index contributed by atoms with van der Waals surface area (Å²) in [7, 11) is 0. The first-order valence-corrected chi connectivity index (χ1v) is 17.1. The number of esters is 1. The molecule has 0 spiro atoms. The standard InChI is InChI=1S/C34H55F5O8/c1-2-3-4-5-6-7-8-9-10-11-12-13-14-16-41-18-20-43-22-24-45-26-27-46-25-23-44-21-19-42-17-15-28(40)47-34-32(38)30(36)29(35)31(37)33(34)39/h2-27H2,1H3. The molecule has 0 heterocycles. The Bertz CT molecular complexity index is 896. The van der Waals surface area contributed by atoms with E-state index in [1.807, 2.05) is 0 Å². The maximum atomic E-state index is 13.5. The van der Waals surface area contributed by atoms with Crippen molar-refractivity contribution in [1.82, 2.24) is 0 Å². The average molecular weight is 687 g/mol. The minimum atomic E-state index is -2.34. The van der Waals surface area contributed by atoms with Gasteiger partial charge in [-0.25, -0.2) is 13.2 Å². The minimum Gasteiger partial charge on any atom is -0.420 e. The van der Waals surface area contributed by atoms with E-state index in [9.17, 15) is 26.7 Å². The molecular formula is C34H55F5O8. The zero-order valence-corrected chi connectivity index (χ0v) is 28.0. The molecule has 1 rings (SSSR count). The normalized spacial score (nSPS) is 11.4. The molecule has 0 atom stereocenters. The second-order valence-electron chi connectivity index (χ2n) is 11.0. The Morgan fingerprint density at radius 2 is 0.702 bits per heavy atom. The lowest BCUT2D eigenvalue weighted by atomic mass is 10.0. The van der Waals surface area contributed by atoms with Crippen molar-refractivity contribution in [2.75, 3.05) is 79.3 Å². The Morgan fingerprint density at radius 3 is 1.09 bits per heavy atom. The predicted molar refractivity (Wildman–Crippen MR) is 167 cm³/mol. The minimum absolute atomic E-state index is 0.101. The summed E-state index contributed by atoms with van der Waals surface area (Å²) in [4.78, 5) is 11.6. The van der Waals surface area contributed by atoms with Crippen molar-refractivity contribution in [3.8, 4) is 5.75 Å². The van der Waals surface area contributed by atoms with Gasteiger partial charge in [-0.05, 0) is 6.42 Å². The van der Waals surface area contributed by atoms with E-state index in [1.54, 1.807) is 0 Å². The Labute approximate surface area is 276 Å². The molecule has 0 bridgehead atoms. The van der Waals surface area contributed by atoms with Crippen molar-refractivity contribution in [3.63, 3.8) is 0 Å². The molecule has 0 unspecified atom stereocenters. The third kappa shape index (κ3) is 22.4. The van der Waals surface area contributed by atoms with Gasteiger partial charge >= 0.3 is 5.97 Å². The molecule has 0 saturated heterocycles. The molecule has 0 N–H and O–H groups in total. The van der Waals surface area contributed by atoms with Gasteiger partial charge in [0.15, 0.2) is 0 Å². The van der Waals surface area contributed by atoms with Crippen LogP contribution >= 0.6 is 0 Å². The van der Waals surface area contributed by atoms with Gasteiger partial charge in [0.1, 0.15) is 0 Å². The summed E-state index contributed by atoms with van der Waals surface area (Å²) in [5.74, 6) is -14.1. The highest BCUT2D eigenvalue weighted by atomic mass is 19.2. The molecule has 8 nitrogen and oxygen atoms in total. The maximum Gasteiger partial charge on any atom is 0.313 e. The van der Waals surface area contributed by atoms with E-state index in [1.165, 1.54) is 77.0 Å². The SMILES string of the molecule is CCCCCCCCCCCCCCCOCCOCCOCCOCCOCCOCCC(=O)Oc1c(F)c(F)c(F)c(F)c1F. The third-order valence-corrected chi connectivity index (χ3v) is 7.09. The topological polar surface area (TPSA) is 81.7 Å². The second kappa shape index (κ2) is 30.2. The lowest BCUT2D eigenvalue weighted by Crippen LogP contribution is -2.16. The Balaban J connectivity index is 1.76. The van der Waals surface area contributed by atoms with Crippen molar-refractivity contribution in [2.24, 2.45) is 0 Å². The van der Waals surface area contributed by atoms with Gasteiger partial charge in [-0.3, -0.25) is 4.79 Å². The van der Waals surface area contributed by atoms with E-state index in [0.717, 1.165) is 13.0 Å². The fraction of sp³-hybridized carbons (Fsp3) is 0.794. The maximum absolute atomic E-state index is 13.5. The summed E-state index contributed by atoms with van der Waals surface area (Å²) in [6.07, 6.45) is 16.9. The lowest BCUT2D eigenvalue weighted by Gasteiger charge is -2.09. The zero-order chi connectivity index (χ0) is 34.4. The van der Waals surface area contributed by atoms with E-state index in [4.69, 9.17) is 28.4 Å². The quantitative estimate of drug-likeness (QED) is 0.0185. The van der Waals surface area contributed by atoms with E-state index in [-0.39, 0.29) is 19.8 Å². The van der Waals surface area contributed by atoms with Crippen LogP contribution in [0.15, 0.2) is 0 Å². The van der Waals surface area contributed by atoms with Crippen LogP contribution in [-0.4, -0.2) is 85.3 Å². The van der Waals surface area contributed by atoms with Crippen LogP contribution in [0.2, 0.25) is 0 Å². The van der Waals surface area contributed by atoms with Crippen molar-refractivity contribution >= 4 is 5.97 Å². The molecular weight excluding hydrogens is 631 g/mol. The largest absolute Gasteiger partial charge is 0.420 e. The Hall–Kier alpha value is -1.90. The van der Waals surface area contributed by atoms with Gasteiger partial charge in [0.05, 0.1) is 79.1 Å². The second-order valence-corrected chi connectivity index (χ2v) is 11.0. The summed E-state index contributed by atoms with van der Waals surface area (Å²) >= 11 is 0. The highest BCUT2D eigenvalue weighted by Crippen LogP contribution is 2.29. The van der Waals surface area contributed by atoms with Gasteiger partial charge in [0, 0.05) is 6.61 Å². The van der Waals surface area contributed by atoms with Gasteiger partial charge < -0.3 is 33.2 Å². The van der Waals surface area contributed by atoms with Crippen molar-refractivity contribution in [2.45, 2.75) is 96.8 Å². The van der Waals surface area contributed by atoms with Crippen LogP contribution in [0.5, 0.6) is 5.75 Å². The molecule has 0 amide bonds. The molecule has 0 aliphatic carbocycles. The summed E-state index contributed by atoms with van der Waals surface area (Å²) in [6, 6.07) is 0. The molecule has 274 valence electrons. The zero-order valence-electron chi connectivity index (χ0n) is 28.0. The van der Waals surface area contributed by atoms with E-state index >= 15 is 0 Å². The van der Waals surface area contributed by atoms with Crippen molar-refractivity contribution < 1.29 is 59.9 Å². The highest BCUT2D eigenvalue weighted by molar-refractivity contribution is 5.72. The van der Waals surface area contributed by atoms with E-state index in [2.05, 4.69) is 11.7 Å². The molecule has 0 fully saturated rings. The molecule has 1 aromatic rings. The monoisotopic (exact) mass is 686 g/mol. The number of carbonyl (C=O) groups excluding carboxylic acids is 1. The van der Waals surface area contributed by atoms with Crippen LogP contribution in [0.4, 0.5) is 22.0 Å². The summed E-state index contributed by atoms with van der Waals surface area (Å²) in [6.45, 7) is 6.65. The fourth-order valence-electron chi connectivity index (χ4n) is 4.42. The molecule has 1 aromatic carbocycles. The number of unbranched alkanes of at least 4 members (excludes halogenated alkanes) is 12. The Morgan fingerprint density at radius 1 is 0.404 bits per heavy atom. The molecule has 0 radical (unpaired) electrons. The first-order chi connectivity index (χ1) is 22.9. The van der Waals surface area contributed by atoms with Crippen LogP contribution < -0.4 is 4.74 Å². The van der Waals surface area contributed by atoms with E-state index < -0.39 is 47.2 Å². The average Bonchev–Trinajstić information content (AvgIpc) is 3.07. The number of hydrogen-bond acceptors (Lipinski definition) is 8. The van der Waals surface area contributed by atoms with Crippen molar-refractivity contribution in [3.05, 3.63) is 29.1 Å². The lowest BCUT2D eigenvalue weighted by molar-refractivity contribution is -0.136. The Kier molecular flexibility index (Phi) is 27.7. The van der Waals surface area contributed by atoms with Crippen LogP contribution in [0.25, 0.3) is 0 Å². The number of ether oxygens (including phenoxy) is 7. The molecule has 0 aliphatic heterocycles.